The van der Waals surface area contributed by atoms with Gasteiger partial charge in [-0.05, 0) is 52.8 Å². The van der Waals surface area contributed by atoms with Crippen LogP contribution in [-0.2, 0) is 4.79 Å². The maximum absolute atomic E-state index is 13.3. The van der Waals surface area contributed by atoms with Crippen LogP contribution in [0.2, 0.25) is 0 Å². The molecule has 0 amide bonds. The Labute approximate surface area is 179 Å². The third kappa shape index (κ3) is 4.01. The van der Waals surface area contributed by atoms with Gasteiger partial charge in [0.15, 0.2) is 5.78 Å². The smallest absolute Gasteiger partial charge is 0.279 e. The van der Waals surface area contributed by atoms with Crippen LogP contribution in [0, 0.1) is 10.8 Å². The molecule has 1 aromatic heterocycles. The lowest BCUT2D eigenvalue weighted by Gasteiger charge is -2.31. The fourth-order valence-corrected chi connectivity index (χ4v) is 3.70. The number of nitrogens with zero attached hydrogens (tertiary/aromatic N) is 1. The van der Waals surface area contributed by atoms with Crippen LogP contribution in [-0.4, -0.2) is 15.6 Å². The summed E-state index contributed by atoms with van der Waals surface area (Å²) in [5.41, 5.74) is 2.00. The number of nitrogens with one attached hydrogen (secondary N) is 1. The highest BCUT2D eigenvalue weighted by Gasteiger charge is 2.34. The molecule has 1 aliphatic carbocycles. The van der Waals surface area contributed by atoms with Gasteiger partial charge in [-0.3, -0.25) is 14.7 Å². The zero-order valence-corrected chi connectivity index (χ0v) is 19.4. The SMILES string of the molecule is C=c1[nH]n(-c2ccc(Br)cc2)c(=O)c1=C1C=C(C(C)(C)C)C(=O)C(C(C)(C)C)=C1. The number of carbonyl (C=O) groups is 1. The van der Waals surface area contributed by atoms with Crippen molar-refractivity contribution in [3.63, 3.8) is 0 Å². The normalized spacial score (nSPS) is 15.4. The fourth-order valence-electron chi connectivity index (χ4n) is 3.44. The van der Waals surface area contributed by atoms with Gasteiger partial charge in [0, 0.05) is 15.6 Å². The third-order valence-electron chi connectivity index (χ3n) is 5.04. The summed E-state index contributed by atoms with van der Waals surface area (Å²) in [5.74, 6) is 0.0446. The molecule has 0 saturated carbocycles. The molecule has 29 heavy (non-hydrogen) atoms. The number of Topliss-reactive ketones (excluding diaryl/α,β-unsaturated/α-hetero) is 1. The molecule has 1 heterocycles. The summed E-state index contributed by atoms with van der Waals surface area (Å²) in [4.78, 5) is 26.4. The Balaban J connectivity index is 2.37. The highest BCUT2D eigenvalue weighted by atomic mass is 79.9. The molecule has 0 radical (unpaired) electrons. The van der Waals surface area contributed by atoms with Crippen molar-refractivity contribution in [2.45, 2.75) is 41.5 Å². The van der Waals surface area contributed by atoms with E-state index in [1.807, 2.05) is 78.0 Å². The number of hydrogen-bond acceptors (Lipinski definition) is 2. The van der Waals surface area contributed by atoms with Gasteiger partial charge in [0.25, 0.3) is 5.56 Å². The van der Waals surface area contributed by atoms with Crippen LogP contribution in [0.25, 0.3) is 17.8 Å². The summed E-state index contributed by atoms with van der Waals surface area (Å²) in [7, 11) is 0. The van der Waals surface area contributed by atoms with E-state index in [0.29, 0.717) is 21.7 Å². The van der Waals surface area contributed by atoms with Gasteiger partial charge in [-0.25, -0.2) is 4.68 Å². The quantitative estimate of drug-likeness (QED) is 0.707. The first-order valence-electron chi connectivity index (χ1n) is 9.60. The third-order valence-corrected chi connectivity index (χ3v) is 5.57. The maximum atomic E-state index is 13.3. The molecule has 0 spiro atoms. The Morgan fingerprint density at radius 3 is 1.83 bits per heavy atom. The Kier molecular flexibility index (Phi) is 5.24. The first-order chi connectivity index (χ1) is 13.3. The minimum absolute atomic E-state index is 0.0446. The Hall–Kier alpha value is -2.40. The number of aromatic amines is 1. The van der Waals surface area contributed by atoms with E-state index >= 15 is 0 Å². The molecular formula is C24H27BrN2O2. The van der Waals surface area contributed by atoms with Crippen LogP contribution >= 0.6 is 15.9 Å². The number of aromatic nitrogens is 2. The van der Waals surface area contributed by atoms with Gasteiger partial charge in [-0.15, -0.1) is 0 Å². The van der Waals surface area contributed by atoms with Crippen LogP contribution in [0.4, 0.5) is 0 Å². The van der Waals surface area contributed by atoms with Gasteiger partial charge in [-0.2, -0.15) is 0 Å². The van der Waals surface area contributed by atoms with E-state index in [1.165, 1.54) is 4.68 Å². The molecule has 0 saturated heterocycles. The molecule has 152 valence electrons. The topological polar surface area (TPSA) is 54.9 Å². The number of ketones is 1. The zero-order valence-electron chi connectivity index (χ0n) is 17.8. The van der Waals surface area contributed by atoms with Crippen molar-refractivity contribution in [1.29, 1.82) is 0 Å². The van der Waals surface area contributed by atoms with E-state index in [0.717, 1.165) is 15.7 Å². The number of hydrogen-bond donors (Lipinski definition) is 1. The maximum Gasteiger partial charge on any atom is 0.279 e. The Morgan fingerprint density at radius 2 is 1.38 bits per heavy atom. The number of carbonyl (C=O) groups excluding carboxylic acids is 1. The predicted molar refractivity (Wildman–Crippen MR) is 122 cm³/mol. The lowest BCUT2D eigenvalue weighted by atomic mass is 9.72. The van der Waals surface area contributed by atoms with E-state index in [9.17, 15) is 9.59 Å². The van der Waals surface area contributed by atoms with Crippen molar-refractivity contribution in [2.24, 2.45) is 10.8 Å². The van der Waals surface area contributed by atoms with Crippen molar-refractivity contribution in [3.8, 4) is 5.69 Å². The monoisotopic (exact) mass is 454 g/mol. The molecule has 0 unspecified atom stereocenters. The van der Waals surface area contributed by atoms with Crippen molar-refractivity contribution in [3.05, 3.63) is 73.0 Å². The first kappa shape index (κ1) is 21.3. The Morgan fingerprint density at radius 1 is 0.897 bits per heavy atom. The van der Waals surface area contributed by atoms with Crippen LogP contribution in [0.1, 0.15) is 41.5 Å². The lowest BCUT2D eigenvalue weighted by molar-refractivity contribution is -0.114. The van der Waals surface area contributed by atoms with Crippen LogP contribution in [0.15, 0.2) is 56.8 Å². The average Bonchev–Trinajstić information content (AvgIpc) is 2.88. The lowest BCUT2D eigenvalue weighted by Crippen LogP contribution is -2.37. The van der Waals surface area contributed by atoms with Gasteiger partial charge < -0.3 is 0 Å². The van der Waals surface area contributed by atoms with E-state index in [-0.39, 0.29) is 22.2 Å². The van der Waals surface area contributed by atoms with Gasteiger partial charge in [-0.1, -0.05) is 64.1 Å². The standard InChI is InChI=1S/C24H27BrN2O2/c1-14-20(22(29)27(26-14)17-10-8-16(25)9-11-17)15-12-18(23(2,3)4)21(28)19(13-15)24(5,6)7/h8-13,26H,1H2,2-7H3. The molecular weight excluding hydrogens is 428 g/mol. The number of benzene rings is 1. The van der Waals surface area contributed by atoms with E-state index in [1.54, 1.807) is 0 Å². The number of allylic oxidation sites excluding steroid dienone is 4. The van der Waals surface area contributed by atoms with Crippen molar-refractivity contribution >= 4 is 33.9 Å². The minimum atomic E-state index is -0.338. The van der Waals surface area contributed by atoms with Crippen LogP contribution in [0.3, 0.4) is 0 Å². The second-order valence-corrected chi connectivity index (χ2v) is 10.4. The van der Waals surface area contributed by atoms with E-state index in [4.69, 9.17) is 0 Å². The van der Waals surface area contributed by atoms with Crippen LogP contribution in [0.5, 0.6) is 0 Å². The largest absolute Gasteiger partial charge is 0.291 e. The highest BCUT2D eigenvalue weighted by molar-refractivity contribution is 9.10. The zero-order chi connectivity index (χ0) is 21.7. The molecule has 5 heteroatoms. The summed E-state index contributed by atoms with van der Waals surface area (Å²) >= 11 is 3.41. The molecule has 1 aromatic carbocycles. The minimum Gasteiger partial charge on any atom is -0.291 e. The number of H-pyrrole nitrogens is 1. The molecule has 1 aliphatic rings. The van der Waals surface area contributed by atoms with Crippen LogP contribution < -0.4 is 16.1 Å². The second-order valence-electron chi connectivity index (χ2n) is 9.48. The number of halogens is 1. The fraction of sp³-hybridized carbons (Fsp3) is 0.333. The second kappa shape index (κ2) is 7.13. The molecule has 0 bridgehead atoms. The number of rotatable bonds is 1. The Bertz CT molecular complexity index is 1170. The van der Waals surface area contributed by atoms with E-state index < -0.39 is 0 Å². The summed E-state index contributed by atoms with van der Waals surface area (Å²) in [6.45, 7) is 16.2. The van der Waals surface area contributed by atoms with Gasteiger partial charge in [0.1, 0.15) is 0 Å². The average molecular weight is 455 g/mol. The molecule has 0 fully saturated rings. The molecule has 4 nitrogen and oxygen atoms in total. The van der Waals surface area contributed by atoms with Crippen molar-refractivity contribution in [1.82, 2.24) is 9.78 Å². The predicted octanol–water partition coefficient (Wildman–Crippen LogP) is 4.02. The van der Waals surface area contributed by atoms with Gasteiger partial charge in [0.05, 0.1) is 16.3 Å². The molecule has 0 aliphatic heterocycles. The first-order valence-corrected chi connectivity index (χ1v) is 10.4. The molecule has 0 atom stereocenters. The summed E-state index contributed by atoms with van der Waals surface area (Å²) in [5, 5.41) is 4.09. The summed E-state index contributed by atoms with van der Waals surface area (Å²) in [6, 6.07) is 7.47. The van der Waals surface area contributed by atoms with Crippen molar-refractivity contribution in [2.75, 3.05) is 0 Å². The van der Waals surface area contributed by atoms with Gasteiger partial charge in [0.2, 0.25) is 0 Å². The van der Waals surface area contributed by atoms with E-state index in [2.05, 4.69) is 27.6 Å². The molecule has 2 aromatic rings. The molecule has 3 rings (SSSR count). The van der Waals surface area contributed by atoms with Crippen molar-refractivity contribution < 1.29 is 4.79 Å². The van der Waals surface area contributed by atoms with Gasteiger partial charge >= 0.3 is 0 Å². The summed E-state index contributed by atoms with van der Waals surface area (Å²) in [6.07, 6.45) is 3.70. The molecule has 1 N–H and O–H groups in total. The highest BCUT2D eigenvalue weighted by Crippen LogP contribution is 2.38. The summed E-state index contributed by atoms with van der Waals surface area (Å²) < 4.78 is 2.43.